The summed E-state index contributed by atoms with van der Waals surface area (Å²) in [6.07, 6.45) is 0.154. The smallest absolute Gasteiger partial charge is 0.311 e. The second-order valence-corrected chi connectivity index (χ2v) is 4.71. The van der Waals surface area contributed by atoms with Crippen LogP contribution in [0.1, 0.15) is 6.42 Å². The molecule has 6 heteroatoms. The molecule has 1 amide bonds. The zero-order valence-corrected chi connectivity index (χ0v) is 11.4. The van der Waals surface area contributed by atoms with Gasteiger partial charge in [-0.05, 0) is 12.1 Å². The summed E-state index contributed by atoms with van der Waals surface area (Å²) in [5, 5.41) is 0.476. The highest BCUT2D eigenvalue weighted by Gasteiger charge is 2.36. The molecule has 1 aliphatic rings. The fourth-order valence-electron chi connectivity index (χ4n) is 2.10. The van der Waals surface area contributed by atoms with Gasteiger partial charge in [-0.3, -0.25) is 9.59 Å². The van der Waals surface area contributed by atoms with Gasteiger partial charge in [0.05, 0.1) is 20.1 Å². The number of methoxy groups -OCH3 is 2. The summed E-state index contributed by atoms with van der Waals surface area (Å²) >= 11 is 5.97. The van der Waals surface area contributed by atoms with Gasteiger partial charge in [0, 0.05) is 29.7 Å². The number of anilines is 1. The van der Waals surface area contributed by atoms with E-state index in [1.54, 1.807) is 18.2 Å². The lowest BCUT2D eigenvalue weighted by molar-refractivity contribution is -0.145. The van der Waals surface area contributed by atoms with Crippen LogP contribution in [0.3, 0.4) is 0 Å². The third-order valence-corrected chi connectivity index (χ3v) is 3.28. The normalized spacial score (nSPS) is 18.6. The second-order valence-electron chi connectivity index (χ2n) is 4.28. The maximum absolute atomic E-state index is 12.0. The summed E-state index contributed by atoms with van der Waals surface area (Å²) in [7, 11) is 2.84. The number of hydrogen-bond acceptors (Lipinski definition) is 4. The van der Waals surface area contributed by atoms with Crippen LogP contribution in [0.25, 0.3) is 0 Å². The lowest BCUT2D eigenvalue weighted by atomic mass is 10.1. The molecule has 1 atom stereocenters. The van der Waals surface area contributed by atoms with E-state index >= 15 is 0 Å². The Morgan fingerprint density at radius 1 is 1.37 bits per heavy atom. The van der Waals surface area contributed by atoms with Crippen LogP contribution in [-0.4, -0.2) is 32.6 Å². The van der Waals surface area contributed by atoms with Crippen LogP contribution in [0.2, 0.25) is 5.02 Å². The molecule has 5 nitrogen and oxygen atoms in total. The van der Waals surface area contributed by atoms with Gasteiger partial charge in [0.25, 0.3) is 0 Å². The van der Waals surface area contributed by atoms with Crippen LogP contribution in [0.5, 0.6) is 5.75 Å². The van der Waals surface area contributed by atoms with E-state index in [0.29, 0.717) is 23.0 Å². The second kappa shape index (κ2) is 5.48. The zero-order valence-electron chi connectivity index (χ0n) is 10.7. The first kappa shape index (κ1) is 13.7. The molecule has 0 aliphatic carbocycles. The first-order valence-electron chi connectivity index (χ1n) is 5.78. The van der Waals surface area contributed by atoms with Crippen LogP contribution in [0, 0.1) is 5.92 Å². The van der Waals surface area contributed by atoms with E-state index in [4.69, 9.17) is 16.3 Å². The third kappa shape index (κ3) is 2.81. The number of rotatable bonds is 3. The molecule has 1 aromatic rings. The van der Waals surface area contributed by atoms with Crippen LogP contribution in [-0.2, 0) is 14.3 Å². The largest absolute Gasteiger partial charge is 0.497 e. The highest BCUT2D eigenvalue weighted by molar-refractivity contribution is 6.31. The van der Waals surface area contributed by atoms with Crippen molar-refractivity contribution in [2.45, 2.75) is 6.42 Å². The zero-order chi connectivity index (χ0) is 14.0. The Labute approximate surface area is 116 Å². The highest BCUT2D eigenvalue weighted by atomic mass is 35.5. The molecule has 0 spiro atoms. The minimum Gasteiger partial charge on any atom is -0.497 e. The van der Waals surface area contributed by atoms with E-state index in [1.165, 1.54) is 19.1 Å². The topological polar surface area (TPSA) is 55.8 Å². The van der Waals surface area contributed by atoms with Crippen molar-refractivity contribution in [2.24, 2.45) is 5.92 Å². The van der Waals surface area contributed by atoms with Gasteiger partial charge in [-0.15, -0.1) is 0 Å². The van der Waals surface area contributed by atoms with E-state index in [9.17, 15) is 9.59 Å². The Bertz CT molecular complexity index is 517. The maximum Gasteiger partial charge on any atom is 0.311 e. The molecule has 1 aliphatic heterocycles. The summed E-state index contributed by atoms with van der Waals surface area (Å²) in [6, 6.07) is 5.04. The molecule has 1 saturated heterocycles. The number of carbonyl (C=O) groups excluding carboxylic acids is 2. The summed E-state index contributed by atoms with van der Waals surface area (Å²) in [6.45, 7) is 0.301. The predicted molar refractivity (Wildman–Crippen MR) is 70.5 cm³/mol. The minimum absolute atomic E-state index is 0.125. The van der Waals surface area contributed by atoms with Crippen LogP contribution < -0.4 is 9.64 Å². The Morgan fingerprint density at radius 3 is 2.74 bits per heavy atom. The van der Waals surface area contributed by atoms with Gasteiger partial charge < -0.3 is 14.4 Å². The van der Waals surface area contributed by atoms with Crippen LogP contribution in [0.15, 0.2) is 18.2 Å². The molecule has 19 heavy (non-hydrogen) atoms. The lowest BCUT2D eigenvalue weighted by Crippen LogP contribution is -2.26. The van der Waals surface area contributed by atoms with Crippen LogP contribution >= 0.6 is 11.6 Å². The Morgan fingerprint density at radius 2 is 2.11 bits per heavy atom. The van der Waals surface area contributed by atoms with Gasteiger partial charge in [0.1, 0.15) is 5.75 Å². The molecule has 1 fully saturated rings. The monoisotopic (exact) mass is 283 g/mol. The molecule has 2 rings (SSSR count). The first-order valence-corrected chi connectivity index (χ1v) is 6.15. The van der Waals surface area contributed by atoms with Gasteiger partial charge in [-0.1, -0.05) is 11.6 Å². The van der Waals surface area contributed by atoms with E-state index in [0.717, 1.165) is 0 Å². The first-order chi connectivity index (χ1) is 9.05. The number of benzene rings is 1. The number of carbonyl (C=O) groups is 2. The molecule has 0 saturated carbocycles. The van der Waals surface area contributed by atoms with Gasteiger partial charge >= 0.3 is 5.97 Å². The number of nitrogens with zero attached hydrogens (tertiary/aromatic N) is 1. The predicted octanol–water partition coefficient (Wildman–Crippen LogP) is 1.87. The van der Waals surface area contributed by atoms with Gasteiger partial charge in [0.2, 0.25) is 5.91 Å². The fraction of sp³-hybridized carbons (Fsp3) is 0.385. The molecule has 0 aromatic heterocycles. The number of halogens is 1. The Kier molecular flexibility index (Phi) is 3.95. The van der Waals surface area contributed by atoms with E-state index in [-0.39, 0.29) is 18.3 Å². The molecule has 0 N–H and O–H groups in total. The molecule has 1 unspecified atom stereocenters. The van der Waals surface area contributed by atoms with Crippen LogP contribution in [0.4, 0.5) is 5.69 Å². The molecule has 0 radical (unpaired) electrons. The van der Waals surface area contributed by atoms with E-state index in [2.05, 4.69) is 4.74 Å². The highest BCUT2D eigenvalue weighted by Crippen LogP contribution is 2.31. The van der Waals surface area contributed by atoms with Crippen molar-refractivity contribution in [3.05, 3.63) is 23.2 Å². The number of ether oxygens (including phenoxy) is 2. The lowest BCUT2D eigenvalue weighted by Gasteiger charge is -2.17. The number of amides is 1. The molecule has 1 aromatic carbocycles. The van der Waals surface area contributed by atoms with Crippen molar-refractivity contribution in [3.63, 3.8) is 0 Å². The standard InChI is InChI=1S/C13H14ClNO4/c1-18-11-5-9(14)4-10(6-11)15-7-8(3-12(15)16)13(17)19-2/h4-6,8H,3,7H2,1-2H3. The van der Waals surface area contributed by atoms with Gasteiger partial charge in [-0.2, -0.15) is 0 Å². The number of esters is 1. The quantitative estimate of drug-likeness (QED) is 0.795. The van der Waals surface area contributed by atoms with Crippen molar-refractivity contribution in [2.75, 3.05) is 25.7 Å². The summed E-state index contributed by atoms with van der Waals surface area (Å²) in [4.78, 5) is 24.9. The molecular weight excluding hydrogens is 270 g/mol. The van der Waals surface area contributed by atoms with E-state index < -0.39 is 5.92 Å². The molecule has 0 bridgehead atoms. The average molecular weight is 284 g/mol. The van der Waals surface area contributed by atoms with Crippen molar-refractivity contribution < 1.29 is 19.1 Å². The fourth-order valence-corrected chi connectivity index (χ4v) is 2.32. The van der Waals surface area contributed by atoms with Crippen molar-refractivity contribution in [3.8, 4) is 5.75 Å². The van der Waals surface area contributed by atoms with E-state index in [1.807, 2.05) is 0 Å². The summed E-state index contributed by atoms with van der Waals surface area (Å²) < 4.78 is 9.78. The van der Waals surface area contributed by atoms with Gasteiger partial charge in [0.15, 0.2) is 0 Å². The average Bonchev–Trinajstić information content (AvgIpc) is 2.79. The van der Waals surface area contributed by atoms with Crippen molar-refractivity contribution >= 4 is 29.2 Å². The third-order valence-electron chi connectivity index (χ3n) is 3.06. The Hall–Kier alpha value is -1.75. The van der Waals surface area contributed by atoms with Crippen molar-refractivity contribution in [1.82, 2.24) is 0 Å². The summed E-state index contributed by atoms with van der Waals surface area (Å²) in [5.74, 6) is -0.358. The SMILES string of the molecule is COC(=O)C1CC(=O)N(c2cc(Cl)cc(OC)c2)C1. The minimum atomic E-state index is -0.428. The Balaban J connectivity index is 2.25. The van der Waals surface area contributed by atoms with Crippen molar-refractivity contribution in [1.29, 1.82) is 0 Å². The maximum atomic E-state index is 12.0. The molecular formula is C13H14ClNO4. The van der Waals surface area contributed by atoms with Gasteiger partial charge in [-0.25, -0.2) is 0 Å². The number of hydrogen-bond donors (Lipinski definition) is 0. The molecule has 102 valence electrons. The molecule has 1 heterocycles. The summed E-state index contributed by atoms with van der Waals surface area (Å²) in [5.41, 5.74) is 0.626.